The Morgan fingerprint density at radius 2 is 2.03 bits per heavy atom. The maximum absolute atomic E-state index is 12.7. The molecule has 1 aliphatic heterocycles. The average Bonchev–Trinajstić information content (AvgIpc) is 3.37. The summed E-state index contributed by atoms with van der Waals surface area (Å²) in [5, 5.41) is 8.52. The number of amides is 1. The number of H-pyrrole nitrogens is 1. The molecule has 0 bridgehead atoms. The summed E-state index contributed by atoms with van der Waals surface area (Å²) < 4.78 is 1.94. The van der Waals surface area contributed by atoms with Gasteiger partial charge in [-0.05, 0) is 56.5 Å². The third-order valence-corrected chi connectivity index (χ3v) is 7.02. The maximum atomic E-state index is 12.7. The lowest BCUT2D eigenvalue weighted by molar-refractivity contribution is -0.132. The molecule has 0 saturated carbocycles. The lowest BCUT2D eigenvalue weighted by atomic mass is 9.93. The minimum absolute atomic E-state index is 0.113. The number of thiophene rings is 1. The van der Waals surface area contributed by atoms with E-state index >= 15 is 0 Å². The number of aryl methyl sites for hydroxylation is 2. The summed E-state index contributed by atoms with van der Waals surface area (Å²) in [5.41, 5.74) is 4.96. The van der Waals surface area contributed by atoms with Crippen molar-refractivity contribution in [3.05, 3.63) is 56.0 Å². The lowest BCUT2D eigenvalue weighted by Gasteiger charge is -2.32. The molecule has 1 aliphatic rings. The van der Waals surface area contributed by atoms with Crippen LogP contribution in [0.15, 0.2) is 27.7 Å². The number of nitrogens with one attached hydrogen (secondary N) is 1. The Kier molecular flexibility index (Phi) is 6.36. The zero-order valence-corrected chi connectivity index (χ0v) is 19.2. The Bertz CT molecular complexity index is 1110. The molecule has 0 radical (unpaired) electrons. The van der Waals surface area contributed by atoms with E-state index < -0.39 is 0 Å². The third kappa shape index (κ3) is 4.95. The molecule has 4 rings (SSSR count). The highest BCUT2D eigenvalue weighted by Gasteiger charge is 2.24. The topological polar surface area (TPSA) is 83.9 Å². The van der Waals surface area contributed by atoms with Crippen LogP contribution in [-0.2, 0) is 17.8 Å². The van der Waals surface area contributed by atoms with Gasteiger partial charge in [0.15, 0.2) is 0 Å². The third-order valence-electron chi connectivity index (χ3n) is 6.34. The number of piperidine rings is 1. The molecule has 0 spiro atoms. The number of rotatable bonds is 6. The minimum Gasteiger partial charge on any atom is -0.343 e. The first-order chi connectivity index (χ1) is 14.9. The van der Waals surface area contributed by atoms with Crippen molar-refractivity contribution in [3.8, 4) is 11.3 Å². The van der Waals surface area contributed by atoms with Gasteiger partial charge >= 0.3 is 0 Å². The van der Waals surface area contributed by atoms with Gasteiger partial charge in [0, 0.05) is 55.2 Å². The number of hydrogen-bond donors (Lipinski definition) is 1. The van der Waals surface area contributed by atoms with Crippen molar-refractivity contribution in [1.82, 2.24) is 24.6 Å². The zero-order chi connectivity index (χ0) is 22.0. The number of carbonyl (C=O) groups is 1. The van der Waals surface area contributed by atoms with E-state index in [1.807, 2.05) is 33.3 Å². The fraction of sp³-hybridized carbons (Fsp3) is 0.478. The van der Waals surface area contributed by atoms with E-state index in [4.69, 9.17) is 0 Å². The largest absolute Gasteiger partial charge is 0.343 e. The van der Waals surface area contributed by atoms with Crippen molar-refractivity contribution in [2.75, 3.05) is 13.1 Å². The Morgan fingerprint density at radius 1 is 1.26 bits per heavy atom. The minimum atomic E-state index is -0.113. The summed E-state index contributed by atoms with van der Waals surface area (Å²) in [7, 11) is 0. The molecule has 0 unspecified atom stereocenters. The first-order valence-corrected chi connectivity index (χ1v) is 11.8. The van der Waals surface area contributed by atoms with E-state index in [-0.39, 0.29) is 11.5 Å². The van der Waals surface area contributed by atoms with Gasteiger partial charge in [0.1, 0.15) is 5.82 Å². The number of nitrogens with zero attached hydrogens (tertiary/aromatic N) is 4. The Hall–Kier alpha value is -2.74. The Morgan fingerprint density at radius 3 is 2.68 bits per heavy atom. The molecule has 3 aromatic heterocycles. The number of aromatic nitrogens is 4. The predicted octanol–water partition coefficient (Wildman–Crippen LogP) is 3.49. The highest BCUT2D eigenvalue weighted by molar-refractivity contribution is 7.08. The average molecular weight is 440 g/mol. The molecule has 7 nitrogen and oxygen atoms in total. The second-order valence-electron chi connectivity index (χ2n) is 8.39. The van der Waals surface area contributed by atoms with Crippen LogP contribution < -0.4 is 5.56 Å². The predicted molar refractivity (Wildman–Crippen MR) is 122 cm³/mol. The van der Waals surface area contributed by atoms with Crippen LogP contribution in [-0.4, -0.2) is 43.6 Å². The first kappa shape index (κ1) is 21.5. The molecule has 164 valence electrons. The van der Waals surface area contributed by atoms with Crippen molar-refractivity contribution in [3.63, 3.8) is 0 Å². The fourth-order valence-electron chi connectivity index (χ4n) is 4.19. The van der Waals surface area contributed by atoms with Crippen LogP contribution in [0.4, 0.5) is 0 Å². The molecule has 8 heteroatoms. The first-order valence-electron chi connectivity index (χ1n) is 10.8. The molecule has 0 atom stereocenters. The van der Waals surface area contributed by atoms with Crippen molar-refractivity contribution in [2.24, 2.45) is 5.92 Å². The van der Waals surface area contributed by atoms with E-state index in [9.17, 15) is 9.59 Å². The monoisotopic (exact) mass is 439 g/mol. The van der Waals surface area contributed by atoms with Crippen LogP contribution in [0.1, 0.15) is 42.0 Å². The van der Waals surface area contributed by atoms with Crippen molar-refractivity contribution >= 4 is 17.2 Å². The molecule has 1 fully saturated rings. The van der Waals surface area contributed by atoms with Crippen LogP contribution in [0.5, 0.6) is 0 Å². The summed E-state index contributed by atoms with van der Waals surface area (Å²) in [6.45, 7) is 8.27. The molecule has 0 aromatic carbocycles. The van der Waals surface area contributed by atoms with Crippen molar-refractivity contribution < 1.29 is 4.79 Å². The van der Waals surface area contributed by atoms with Crippen LogP contribution >= 0.6 is 11.3 Å². The van der Waals surface area contributed by atoms with Crippen LogP contribution in [0.3, 0.4) is 0 Å². The van der Waals surface area contributed by atoms with E-state index in [0.29, 0.717) is 18.9 Å². The molecular formula is C23H29N5O2S. The van der Waals surface area contributed by atoms with Crippen LogP contribution in [0.25, 0.3) is 11.3 Å². The Balaban J connectivity index is 1.30. The summed E-state index contributed by atoms with van der Waals surface area (Å²) in [6, 6.07) is 3.53. The van der Waals surface area contributed by atoms with Gasteiger partial charge in [-0.15, -0.1) is 0 Å². The van der Waals surface area contributed by atoms with Gasteiger partial charge in [0.2, 0.25) is 5.91 Å². The summed E-state index contributed by atoms with van der Waals surface area (Å²) in [6.07, 6.45) is 3.07. The summed E-state index contributed by atoms with van der Waals surface area (Å²) >= 11 is 1.59. The van der Waals surface area contributed by atoms with Gasteiger partial charge < -0.3 is 9.88 Å². The number of aromatic amines is 1. The zero-order valence-electron chi connectivity index (χ0n) is 18.4. The van der Waals surface area contributed by atoms with Crippen molar-refractivity contribution in [1.29, 1.82) is 0 Å². The maximum Gasteiger partial charge on any atom is 0.251 e. The SMILES string of the molecule is Cc1nn(CCC(=O)N2CCC(Cc3nc(-c4ccsc4)cc(=O)[nH]3)CC2)c(C)c1C. The number of hydrogen-bond acceptors (Lipinski definition) is 5. The smallest absolute Gasteiger partial charge is 0.251 e. The summed E-state index contributed by atoms with van der Waals surface area (Å²) in [4.78, 5) is 34.3. The van der Waals surface area contributed by atoms with Gasteiger partial charge in [-0.1, -0.05) is 0 Å². The molecule has 1 amide bonds. The van der Waals surface area contributed by atoms with Crippen LogP contribution in [0, 0.1) is 26.7 Å². The molecule has 1 saturated heterocycles. The van der Waals surface area contributed by atoms with E-state index in [0.717, 1.165) is 60.8 Å². The molecule has 0 aliphatic carbocycles. The second-order valence-corrected chi connectivity index (χ2v) is 9.17. The van der Waals surface area contributed by atoms with Gasteiger partial charge in [-0.25, -0.2) is 4.98 Å². The molecule has 4 heterocycles. The normalized spacial score (nSPS) is 14.9. The van der Waals surface area contributed by atoms with E-state index in [1.54, 1.807) is 17.4 Å². The number of carbonyl (C=O) groups excluding carboxylic acids is 1. The standard InChI is InChI=1S/C23H29N5O2S/c1-15-16(2)26-28(17(15)3)10-6-23(30)27-8-4-18(5-9-27)12-21-24-20(13-22(29)25-21)19-7-11-31-14-19/h7,11,13-14,18H,4-6,8-10,12H2,1-3H3,(H,24,25,29). The van der Waals surface area contributed by atoms with E-state index in [2.05, 4.69) is 28.9 Å². The van der Waals surface area contributed by atoms with E-state index in [1.165, 1.54) is 5.56 Å². The second kappa shape index (κ2) is 9.18. The lowest BCUT2D eigenvalue weighted by Crippen LogP contribution is -2.39. The van der Waals surface area contributed by atoms with Gasteiger partial charge in [0.25, 0.3) is 5.56 Å². The van der Waals surface area contributed by atoms with Gasteiger partial charge in [0.05, 0.1) is 11.4 Å². The van der Waals surface area contributed by atoms with Crippen molar-refractivity contribution in [2.45, 2.75) is 53.0 Å². The highest BCUT2D eigenvalue weighted by Crippen LogP contribution is 2.23. The fourth-order valence-corrected chi connectivity index (χ4v) is 4.84. The molecule has 1 N–H and O–H groups in total. The molecule has 3 aromatic rings. The Labute approximate surface area is 186 Å². The van der Waals surface area contributed by atoms with Gasteiger partial charge in [-0.3, -0.25) is 14.3 Å². The quantitative estimate of drug-likeness (QED) is 0.637. The summed E-state index contributed by atoms with van der Waals surface area (Å²) in [5.74, 6) is 1.34. The number of likely N-dealkylation sites (tertiary alicyclic amines) is 1. The van der Waals surface area contributed by atoms with Gasteiger partial charge in [-0.2, -0.15) is 16.4 Å². The molecule has 31 heavy (non-hydrogen) atoms. The highest BCUT2D eigenvalue weighted by atomic mass is 32.1. The van der Waals surface area contributed by atoms with Crippen LogP contribution in [0.2, 0.25) is 0 Å². The molecular weight excluding hydrogens is 410 g/mol.